The fraction of sp³-hybridized carbons (Fsp3) is 0.333. The molecule has 0 aromatic heterocycles. The summed E-state index contributed by atoms with van der Waals surface area (Å²) in [7, 11) is 1.47. The Kier molecular flexibility index (Phi) is 6.54. The van der Waals surface area contributed by atoms with Gasteiger partial charge in [0.1, 0.15) is 6.61 Å². The number of rotatable bonds is 6. The van der Waals surface area contributed by atoms with Gasteiger partial charge in [0.2, 0.25) is 5.91 Å². The number of urea groups is 1. The highest BCUT2D eigenvalue weighted by atomic mass is 35.5. The van der Waals surface area contributed by atoms with Crippen molar-refractivity contribution >= 4 is 34.9 Å². The lowest BCUT2D eigenvalue weighted by atomic mass is 10.1. The van der Waals surface area contributed by atoms with Crippen molar-refractivity contribution in [3.05, 3.63) is 58.6 Å². The number of methoxy groups -OCH3 is 1. The average Bonchev–Trinajstić information content (AvgIpc) is 2.66. The number of anilines is 2. The number of amides is 3. The third-order valence-corrected chi connectivity index (χ3v) is 4.84. The van der Waals surface area contributed by atoms with Crippen LogP contribution in [0.25, 0.3) is 0 Å². The second-order valence-corrected chi connectivity index (χ2v) is 7.27. The number of benzene rings is 2. The summed E-state index contributed by atoms with van der Waals surface area (Å²) in [6.45, 7) is 3.72. The summed E-state index contributed by atoms with van der Waals surface area (Å²) < 4.78 is 4.89. The molecule has 148 valence electrons. The molecule has 1 saturated heterocycles. The Hall–Kier alpha value is -2.57. The van der Waals surface area contributed by atoms with Gasteiger partial charge in [0.15, 0.2) is 0 Å². The van der Waals surface area contributed by atoms with Crippen LogP contribution in [0.4, 0.5) is 16.2 Å². The van der Waals surface area contributed by atoms with Gasteiger partial charge in [-0.05, 0) is 48.7 Å². The summed E-state index contributed by atoms with van der Waals surface area (Å²) in [5.74, 6) is -0.253. The monoisotopic (exact) mass is 401 g/mol. The lowest BCUT2D eigenvalue weighted by Gasteiger charge is -2.36. The van der Waals surface area contributed by atoms with Gasteiger partial charge in [0, 0.05) is 31.8 Å². The molecule has 1 N–H and O–H groups in total. The van der Waals surface area contributed by atoms with E-state index < -0.39 is 0 Å². The minimum atomic E-state index is -0.253. The summed E-state index contributed by atoms with van der Waals surface area (Å²) in [6, 6.07) is 13.1. The summed E-state index contributed by atoms with van der Waals surface area (Å²) >= 11 is 5.95. The van der Waals surface area contributed by atoms with Crippen LogP contribution >= 0.6 is 11.6 Å². The van der Waals surface area contributed by atoms with Crippen molar-refractivity contribution in [2.45, 2.75) is 19.9 Å². The second-order valence-electron chi connectivity index (χ2n) is 6.84. The molecule has 0 aliphatic carbocycles. The zero-order valence-corrected chi connectivity index (χ0v) is 16.8. The summed E-state index contributed by atoms with van der Waals surface area (Å²) in [5.41, 5.74) is 3.33. The van der Waals surface area contributed by atoms with Crippen LogP contribution in [0.2, 0.25) is 5.02 Å². The van der Waals surface area contributed by atoms with Crippen molar-refractivity contribution < 1.29 is 14.3 Å². The Bertz CT molecular complexity index is 854. The molecular formula is C21H24ClN3O3. The first kappa shape index (κ1) is 20.2. The van der Waals surface area contributed by atoms with Gasteiger partial charge >= 0.3 is 6.03 Å². The van der Waals surface area contributed by atoms with Gasteiger partial charge in [0.25, 0.3) is 0 Å². The smallest absolute Gasteiger partial charge is 0.324 e. The fourth-order valence-corrected chi connectivity index (χ4v) is 3.39. The van der Waals surface area contributed by atoms with Crippen LogP contribution in [0, 0.1) is 6.92 Å². The number of nitrogens with zero attached hydrogens (tertiary/aromatic N) is 2. The van der Waals surface area contributed by atoms with Crippen molar-refractivity contribution in [1.29, 1.82) is 0 Å². The minimum absolute atomic E-state index is 0.0377. The molecule has 2 aromatic rings. The molecule has 0 atom stereocenters. The molecule has 3 rings (SSSR count). The van der Waals surface area contributed by atoms with Crippen LogP contribution in [0.15, 0.2) is 42.5 Å². The average molecular weight is 402 g/mol. The van der Waals surface area contributed by atoms with E-state index in [1.165, 1.54) is 7.11 Å². The minimum Gasteiger partial charge on any atom is -0.375 e. The summed E-state index contributed by atoms with van der Waals surface area (Å²) in [6.07, 6.45) is 0.846. The highest BCUT2D eigenvalue weighted by Gasteiger charge is 2.28. The van der Waals surface area contributed by atoms with E-state index in [1.807, 2.05) is 54.3 Å². The first-order valence-corrected chi connectivity index (χ1v) is 9.56. The lowest BCUT2D eigenvalue weighted by Crippen LogP contribution is -2.49. The number of aryl methyl sites for hydroxylation is 1. The van der Waals surface area contributed by atoms with Gasteiger partial charge in [-0.1, -0.05) is 29.8 Å². The molecule has 1 heterocycles. The lowest BCUT2D eigenvalue weighted by molar-refractivity contribution is -0.119. The molecule has 6 nitrogen and oxygen atoms in total. The van der Waals surface area contributed by atoms with E-state index in [9.17, 15) is 9.59 Å². The van der Waals surface area contributed by atoms with Crippen molar-refractivity contribution in [2.75, 3.05) is 37.0 Å². The zero-order chi connectivity index (χ0) is 20.1. The normalized spacial score (nSPS) is 14.3. The first-order chi connectivity index (χ1) is 13.5. The second kappa shape index (κ2) is 9.08. The number of hydrogen-bond acceptors (Lipinski definition) is 3. The van der Waals surface area contributed by atoms with E-state index in [1.54, 1.807) is 4.90 Å². The molecule has 28 heavy (non-hydrogen) atoms. The van der Waals surface area contributed by atoms with Crippen LogP contribution in [0.1, 0.15) is 17.5 Å². The Balaban J connectivity index is 1.81. The molecule has 1 aliphatic heterocycles. The fourth-order valence-electron chi connectivity index (χ4n) is 3.26. The highest BCUT2D eigenvalue weighted by molar-refractivity contribution is 6.30. The van der Waals surface area contributed by atoms with Crippen LogP contribution in [0.5, 0.6) is 0 Å². The van der Waals surface area contributed by atoms with Crippen molar-refractivity contribution in [2.24, 2.45) is 0 Å². The highest BCUT2D eigenvalue weighted by Crippen LogP contribution is 2.30. The van der Waals surface area contributed by atoms with E-state index in [4.69, 9.17) is 16.3 Å². The van der Waals surface area contributed by atoms with E-state index in [0.717, 1.165) is 17.5 Å². The molecule has 1 fully saturated rings. The number of nitrogens with one attached hydrogen (secondary N) is 1. The first-order valence-electron chi connectivity index (χ1n) is 9.18. The molecular weight excluding hydrogens is 378 g/mol. The van der Waals surface area contributed by atoms with Crippen LogP contribution in [0.3, 0.4) is 0 Å². The molecule has 0 radical (unpaired) electrons. The van der Waals surface area contributed by atoms with Crippen LogP contribution < -0.4 is 10.2 Å². The number of hydrogen-bond donors (Lipinski definition) is 1. The topological polar surface area (TPSA) is 61.9 Å². The van der Waals surface area contributed by atoms with E-state index in [-0.39, 0.29) is 18.5 Å². The zero-order valence-electron chi connectivity index (χ0n) is 16.1. The maximum absolute atomic E-state index is 13.1. The third kappa shape index (κ3) is 4.82. The Morgan fingerprint density at radius 2 is 1.93 bits per heavy atom. The molecule has 0 spiro atoms. The quantitative estimate of drug-likeness (QED) is 0.793. The molecule has 3 amide bonds. The van der Waals surface area contributed by atoms with Gasteiger partial charge in [-0.25, -0.2) is 4.79 Å². The Morgan fingerprint density at radius 1 is 1.18 bits per heavy atom. The number of halogens is 1. The predicted octanol–water partition coefficient (Wildman–Crippen LogP) is 4.07. The molecule has 7 heteroatoms. The van der Waals surface area contributed by atoms with Gasteiger partial charge in [0.05, 0.1) is 11.4 Å². The maximum Gasteiger partial charge on any atom is 0.324 e. The van der Waals surface area contributed by atoms with Crippen LogP contribution in [-0.4, -0.2) is 43.6 Å². The third-order valence-electron chi connectivity index (χ3n) is 4.59. The largest absolute Gasteiger partial charge is 0.375 e. The molecule has 1 aliphatic rings. The van der Waals surface area contributed by atoms with Crippen molar-refractivity contribution in [1.82, 2.24) is 4.90 Å². The molecule has 2 aromatic carbocycles. The van der Waals surface area contributed by atoms with Gasteiger partial charge in [-0.3, -0.25) is 9.69 Å². The van der Waals surface area contributed by atoms with E-state index in [2.05, 4.69) is 5.32 Å². The number of carbonyl (C=O) groups excluding carboxylic acids is 2. The standard InChI is InChI=1S/C21H24ClN3O3/c1-15-4-9-19(18(12-15)23-20(26)14-28-2)25-11-3-10-24(21(25)27)13-16-5-7-17(22)8-6-16/h4-9,12H,3,10-11,13-14H2,1-2H3,(H,23,26). The molecule has 0 saturated carbocycles. The summed E-state index contributed by atoms with van der Waals surface area (Å²) in [5, 5.41) is 3.52. The molecule has 0 bridgehead atoms. The van der Waals surface area contributed by atoms with Gasteiger partial charge in [-0.15, -0.1) is 0 Å². The maximum atomic E-state index is 13.1. The van der Waals surface area contributed by atoms with Crippen molar-refractivity contribution in [3.63, 3.8) is 0 Å². The van der Waals surface area contributed by atoms with E-state index >= 15 is 0 Å². The van der Waals surface area contributed by atoms with Crippen molar-refractivity contribution in [3.8, 4) is 0 Å². The van der Waals surface area contributed by atoms with Gasteiger partial charge in [-0.2, -0.15) is 0 Å². The predicted molar refractivity (Wildman–Crippen MR) is 111 cm³/mol. The molecule has 0 unspecified atom stereocenters. The van der Waals surface area contributed by atoms with Crippen LogP contribution in [-0.2, 0) is 16.1 Å². The van der Waals surface area contributed by atoms with Gasteiger partial charge < -0.3 is 15.0 Å². The van der Waals surface area contributed by atoms with E-state index in [0.29, 0.717) is 36.0 Å². The summed E-state index contributed by atoms with van der Waals surface area (Å²) in [4.78, 5) is 28.7. The SMILES string of the molecule is COCC(=O)Nc1cc(C)ccc1N1CCCN(Cc2ccc(Cl)cc2)C1=O. The number of carbonyl (C=O) groups is 2. The Morgan fingerprint density at radius 3 is 2.64 bits per heavy atom. The number of ether oxygens (including phenoxy) is 1. The Labute approximate surface area is 170 Å².